The topological polar surface area (TPSA) is 29.5 Å². The van der Waals surface area contributed by atoms with Gasteiger partial charge >= 0.3 is 0 Å². The first-order chi connectivity index (χ1) is 9.92. The number of benzene rings is 2. The van der Waals surface area contributed by atoms with Crippen molar-refractivity contribution in [3.8, 4) is 5.75 Å². The third-order valence-electron chi connectivity index (χ3n) is 3.03. The molecule has 0 spiro atoms. The molecule has 1 N–H and O–H groups in total. The Bertz CT molecular complexity index is 638. The van der Waals surface area contributed by atoms with E-state index in [2.05, 4.69) is 0 Å². The van der Waals surface area contributed by atoms with E-state index in [4.69, 9.17) is 16.3 Å². The number of rotatable bonds is 4. The third kappa shape index (κ3) is 3.49. The fraction of sp³-hybridized carbons (Fsp3) is 0.200. The molecule has 0 saturated heterocycles. The van der Waals surface area contributed by atoms with Crippen LogP contribution in [0.2, 0.25) is 5.02 Å². The summed E-state index contributed by atoms with van der Waals surface area (Å²) in [6.07, 6.45) is -1.61. The summed E-state index contributed by atoms with van der Waals surface area (Å²) >= 11 is 5.85. The van der Waals surface area contributed by atoms with Crippen molar-refractivity contribution in [2.75, 3.05) is 7.11 Å². The summed E-state index contributed by atoms with van der Waals surface area (Å²) in [4.78, 5) is 0. The van der Waals surface area contributed by atoms with Crippen LogP contribution < -0.4 is 4.74 Å². The van der Waals surface area contributed by atoms with E-state index in [1.807, 2.05) is 0 Å². The van der Waals surface area contributed by atoms with Gasteiger partial charge in [0.2, 0.25) is 0 Å². The van der Waals surface area contributed by atoms with E-state index in [0.29, 0.717) is 28.5 Å². The number of aliphatic hydroxyl groups is 1. The maximum atomic E-state index is 13.6. The van der Waals surface area contributed by atoms with Crippen LogP contribution >= 0.6 is 11.6 Å². The van der Waals surface area contributed by atoms with Gasteiger partial charge in [0.15, 0.2) is 0 Å². The first-order valence-electron chi connectivity index (χ1n) is 6.07. The third-order valence-corrected chi connectivity index (χ3v) is 3.27. The molecule has 0 aliphatic rings. The average molecular weight is 317 g/mol. The summed E-state index contributed by atoms with van der Waals surface area (Å²) in [7, 11) is 1.43. The molecule has 2 nitrogen and oxygen atoms in total. The van der Waals surface area contributed by atoms with Crippen molar-refractivity contribution in [1.29, 1.82) is 0 Å². The number of aliphatic hydroxyl groups excluding tert-OH is 1. The summed E-state index contributed by atoms with van der Waals surface area (Å²) < 4.78 is 45.2. The second-order valence-electron chi connectivity index (χ2n) is 4.46. The fourth-order valence-electron chi connectivity index (χ4n) is 2.09. The molecule has 0 radical (unpaired) electrons. The first-order valence-corrected chi connectivity index (χ1v) is 6.45. The predicted molar refractivity (Wildman–Crippen MR) is 73.0 cm³/mol. The molecule has 112 valence electrons. The molecule has 0 bridgehead atoms. The molecule has 0 heterocycles. The van der Waals surface area contributed by atoms with Gasteiger partial charge in [0, 0.05) is 23.6 Å². The lowest BCUT2D eigenvalue weighted by Gasteiger charge is -2.15. The molecular weight excluding hydrogens is 305 g/mol. The van der Waals surface area contributed by atoms with Gasteiger partial charge in [-0.25, -0.2) is 13.2 Å². The van der Waals surface area contributed by atoms with E-state index in [9.17, 15) is 18.3 Å². The van der Waals surface area contributed by atoms with Crippen LogP contribution in [0.15, 0.2) is 30.3 Å². The number of methoxy groups -OCH3 is 1. The molecule has 0 saturated carbocycles. The van der Waals surface area contributed by atoms with Crippen LogP contribution in [0.25, 0.3) is 0 Å². The highest BCUT2D eigenvalue weighted by Crippen LogP contribution is 2.30. The van der Waals surface area contributed by atoms with Gasteiger partial charge in [-0.3, -0.25) is 0 Å². The van der Waals surface area contributed by atoms with Crippen LogP contribution in [0.3, 0.4) is 0 Å². The second kappa shape index (κ2) is 6.37. The molecule has 0 aromatic heterocycles. The normalized spacial score (nSPS) is 12.3. The minimum Gasteiger partial charge on any atom is -0.496 e. The zero-order valence-electron chi connectivity index (χ0n) is 11.0. The molecule has 21 heavy (non-hydrogen) atoms. The summed E-state index contributed by atoms with van der Waals surface area (Å²) in [5, 5.41) is 10.4. The minimum atomic E-state index is -1.49. The van der Waals surface area contributed by atoms with Crippen molar-refractivity contribution < 1.29 is 23.0 Å². The van der Waals surface area contributed by atoms with Crippen LogP contribution in [0.1, 0.15) is 17.2 Å². The molecule has 2 aromatic carbocycles. The van der Waals surface area contributed by atoms with Crippen molar-refractivity contribution in [1.82, 2.24) is 0 Å². The Balaban J connectivity index is 2.34. The molecule has 6 heteroatoms. The lowest BCUT2D eigenvalue weighted by Crippen LogP contribution is -2.09. The monoisotopic (exact) mass is 316 g/mol. The molecule has 0 amide bonds. The van der Waals surface area contributed by atoms with Gasteiger partial charge in [-0.05, 0) is 23.8 Å². The molecule has 1 atom stereocenters. The maximum Gasteiger partial charge on any atom is 0.134 e. The summed E-state index contributed by atoms with van der Waals surface area (Å²) in [5.41, 5.74) is -0.0981. The Morgan fingerprint density at radius 2 is 1.76 bits per heavy atom. The van der Waals surface area contributed by atoms with Gasteiger partial charge in [-0.2, -0.15) is 0 Å². The van der Waals surface area contributed by atoms with Gasteiger partial charge in [0.05, 0.1) is 18.8 Å². The Morgan fingerprint density at radius 1 is 1.14 bits per heavy atom. The van der Waals surface area contributed by atoms with E-state index in [1.165, 1.54) is 13.2 Å². The van der Waals surface area contributed by atoms with Gasteiger partial charge in [-0.1, -0.05) is 11.6 Å². The highest BCUT2D eigenvalue weighted by atomic mass is 35.5. The van der Waals surface area contributed by atoms with E-state index >= 15 is 0 Å². The molecule has 0 aliphatic heterocycles. The molecule has 0 fully saturated rings. The lowest BCUT2D eigenvalue weighted by atomic mass is 9.99. The minimum absolute atomic E-state index is 0.122. The van der Waals surface area contributed by atoms with Gasteiger partial charge in [-0.15, -0.1) is 0 Å². The molecule has 2 rings (SSSR count). The van der Waals surface area contributed by atoms with Crippen molar-refractivity contribution in [2.45, 2.75) is 12.5 Å². The Morgan fingerprint density at radius 3 is 2.33 bits per heavy atom. The standard InChI is InChI=1S/C15H12ClF3O2/c1-21-14-3-2-9(16)4-8(14)5-13(20)15-11(18)6-10(17)7-12(15)19/h2-4,6-7,13,20H,5H2,1H3. The first kappa shape index (κ1) is 15.7. The smallest absolute Gasteiger partial charge is 0.134 e. The van der Waals surface area contributed by atoms with Crippen LogP contribution in [0, 0.1) is 17.5 Å². The number of halogens is 4. The zero-order chi connectivity index (χ0) is 15.6. The fourth-order valence-corrected chi connectivity index (χ4v) is 2.28. The molecule has 2 aromatic rings. The lowest BCUT2D eigenvalue weighted by molar-refractivity contribution is 0.167. The Labute approximate surface area is 124 Å². The molecule has 0 aliphatic carbocycles. The van der Waals surface area contributed by atoms with Crippen LogP contribution in [-0.4, -0.2) is 12.2 Å². The van der Waals surface area contributed by atoms with Crippen molar-refractivity contribution in [3.05, 3.63) is 63.9 Å². The number of hydrogen-bond donors (Lipinski definition) is 1. The highest BCUT2D eigenvalue weighted by molar-refractivity contribution is 6.30. The van der Waals surface area contributed by atoms with E-state index in [1.54, 1.807) is 12.1 Å². The summed E-state index contributed by atoms with van der Waals surface area (Å²) in [6.45, 7) is 0. The Kier molecular flexibility index (Phi) is 4.75. The maximum absolute atomic E-state index is 13.6. The average Bonchev–Trinajstić information content (AvgIpc) is 2.37. The highest BCUT2D eigenvalue weighted by Gasteiger charge is 2.21. The SMILES string of the molecule is COc1ccc(Cl)cc1CC(O)c1c(F)cc(F)cc1F. The predicted octanol–water partition coefficient (Wildman–Crippen LogP) is 4.04. The zero-order valence-corrected chi connectivity index (χ0v) is 11.8. The second-order valence-corrected chi connectivity index (χ2v) is 4.90. The van der Waals surface area contributed by atoms with Crippen molar-refractivity contribution in [3.63, 3.8) is 0 Å². The van der Waals surface area contributed by atoms with Gasteiger partial charge in [0.25, 0.3) is 0 Å². The number of hydrogen-bond acceptors (Lipinski definition) is 2. The van der Waals surface area contributed by atoms with Crippen LogP contribution in [-0.2, 0) is 6.42 Å². The molecular formula is C15H12ClF3O2. The number of ether oxygens (including phenoxy) is 1. The van der Waals surface area contributed by atoms with Gasteiger partial charge < -0.3 is 9.84 Å². The van der Waals surface area contributed by atoms with Crippen molar-refractivity contribution >= 4 is 11.6 Å². The van der Waals surface area contributed by atoms with Gasteiger partial charge in [0.1, 0.15) is 23.2 Å². The largest absolute Gasteiger partial charge is 0.496 e. The summed E-state index contributed by atoms with van der Waals surface area (Å²) in [5.74, 6) is -2.88. The molecule has 1 unspecified atom stereocenters. The van der Waals surface area contributed by atoms with Crippen LogP contribution in [0.4, 0.5) is 13.2 Å². The quantitative estimate of drug-likeness (QED) is 0.922. The van der Waals surface area contributed by atoms with Crippen molar-refractivity contribution in [2.24, 2.45) is 0 Å². The van der Waals surface area contributed by atoms with E-state index in [0.717, 1.165) is 0 Å². The Hall–Kier alpha value is -1.72. The van der Waals surface area contributed by atoms with E-state index < -0.39 is 29.1 Å². The van der Waals surface area contributed by atoms with E-state index in [-0.39, 0.29) is 6.42 Å². The summed E-state index contributed by atoms with van der Waals surface area (Å²) in [6, 6.07) is 5.76. The van der Waals surface area contributed by atoms with Crippen LogP contribution in [0.5, 0.6) is 5.75 Å².